The van der Waals surface area contributed by atoms with Gasteiger partial charge in [0.1, 0.15) is 0 Å². The van der Waals surface area contributed by atoms with Crippen molar-refractivity contribution < 1.29 is 9.59 Å². The Morgan fingerprint density at radius 1 is 1.08 bits per heavy atom. The molecular formula is C20H20N2O2. The highest BCUT2D eigenvalue weighted by atomic mass is 16.1. The maximum absolute atomic E-state index is 12.2. The van der Waals surface area contributed by atoms with Gasteiger partial charge in [0.25, 0.3) is 0 Å². The van der Waals surface area contributed by atoms with Gasteiger partial charge in [-0.2, -0.15) is 0 Å². The summed E-state index contributed by atoms with van der Waals surface area (Å²) in [6.07, 6.45) is 1.07. The van der Waals surface area contributed by atoms with Gasteiger partial charge in [-0.1, -0.05) is 30.3 Å². The summed E-state index contributed by atoms with van der Waals surface area (Å²) >= 11 is 0. The fourth-order valence-electron chi connectivity index (χ4n) is 2.93. The summed E-state index contributed by atoms with van der Waals surface area (Å²) in [5.74, 6) is -0.0686. The Morgan fingerprint density at radius 2 is 1.88 bits per heavy atom. The van der Waals surface area contributed by atoms with E-state index in [1.54, 1.807) is 24.3 Å². The first-order chi connectivity index (χ1) is 11.5. The van der Waals surface area contributed by atoms with Gasteiger partial charge in [-0.3, -0.25) is 9.59 Å². The first kappa shape index (κ1) is 16.0. The minimum Gasteiger partial charge on any atom is -0.358 e. The van der Waals surface area contributed by atoms with Crippen molar-refractivity contribution in [3.05, 3.63) is 65.4 Å². The van der Waals surface area contributed by atoms with Crippen LogP contribution in [0, 0.1) is 6.92 Å². The zero-order chi connectivity index (χ0) is 17.1. The molecule has 0 saturated carbocycles. The van der Waals surface area contributed by atoms with Crippen molar-refractivity contribution in [2.45, 2.75) is 26.7 Å². The molecule has 0 saturated heterocycles. The second kappa shape index (κ2) is 6.71. The molecule has 0 spiro atoms. The Hall–Kier alpha value is -2.88. The van der Waals surface area contributed by atoms with Crippen LogP contribution in [0.1, 0.15) is 35.0 Å². The van der Waals surface area contributed by atoms with Gasteiger partial charge in [0.05, 0.1) is 0 Å². The topological polar surface area (TPSA) is 62.0 Å². The number of rotatable bonds is 5. The molecule has 4 nitrogen and oxygen atoms in total. The number of aryl methyl sites for hydroxylation is 2. The smallest absolute Gasteiger partial charge is 0.224 e. The van der Waals surface area contributed by atoms with E-state index in [1.165, 1.54) is 17.9 Å². The standard InChI is InChI=1S/C20H20N2O2/c1-13-17(18-8-3-4-9-19(18)21-13)10-11-20(24)22-16-7-5-6-15(12-16)14(2)23/h3-9,12,21H,10-11H2,1-2H3,(H,22,24). The molecule has 0 fully saturated rings. The molecule has 1 aromatic heterocycles. The van der Waals surface area contributed by atoms with Gasteiger partial charge in [-0.05, 0) is 44.0 Å². The third kappa shape index (κ3) is 3.38. The van der Waals surface area contributed by atoms with Gasteiger partial charge in [-0.25, -0.2) is 0 Å². The van der Waals surface area contributed by atoms with Crippen molar-refractivity contribution in [2.75, 3.05) is 5.32 Å². The molecule has 3 aromatic rings. The highest BCUT2D eigenvalue weighted by Crippen LogP contribution is 2.23. The Kier molecular flexibility index (Phi) is 4.47. The average Bonchev–Trinajstić information content (AvgIpc) is 2.88. The SMILES string of the molecule is CC(=O)c1cccc(NC(=O)CCc2c(C)[nH]c3ccccc23)c1. The molecule has 1 heterocycles. The number of fused-ring (bicyclic) bond motifs is 1. The second-order valence-corrected chi connectivity index (χ2v) is 5.96. The van der Waals surface area contributed by atoms with Crippen LogP contribution >= 0.6 is 0 Å². The van der Waals surface area contributed by atoms with E-state index in [4.69, 9.17) is 0 Å². The molecule has 2 aromatic carbocycles. The molecule has 0 aliphatic carbocycles. The summed E-state index contributed by atoms with van der Waals surface area (Å²) in [5, 5.41) is 4.03. The number of Topliss-reactive ketones (excluding diaryl/α,β-unsaturated/α-hetero) is 1. The van der Waals surface area contributed by atoms with Gasteiger partial charge < -0.3 is 10.3 Å². The number of amides is 1. The molecule has 0 aliphatic heterocycles. The Morgan fingerprint density at radius 3 is 2.67 bits per heavy atom. The molecule has 1 amide bonds. The van der Waals surface area contributed by atoms with E-state index in [9.17, 15) is 9.59 Å². The molecule has 3 rings (SSSR count). The van der Waals surface area contributed by atoms with Crippen LogP contribution in [-0.4, -0.2) is 16.7 Å². The number of carbonyl (C=O) groups excluding carboxylic acids is 2. The number of para-hydroxylation sites is 1. The van der Waals surface area contributed by atoms with Crippen LogP contribution in [0.3, 0.4) is 0 Å². The molecule has 0 atom stereocenters. The van der Waals surface area contributed by atoms with Gasteiger partial charge in [0, 0.05) is 34.3 Å². The van der Waals surface area contributed by atoms with Crippen LogP contribution in [0.2, 0.25) is 0 Å². The maximum atomic E-state index is 12.2. The Balaban J connectivity index is 1.68. The van der Waals surface area contributed by atoms with E-state index in [2.05, 4.69) is 16.4 Å². The average molecular weight is 320 g/mol. The molecular weight excluding hydrogens is 300 g/mol. The van der Waals surface area contributed by atoms with Crippen molar-refractivity contribution in [1.29, 1.82) is 0 Å². The number of anilines is 1. The highest BCUT2D eigenvalue weighted by molar-refractivity contribution is 5.97. The largest absolute Gasteiger partial charge is 0.358 e. The molecule has 122 valence electrons. The maximum Gasteiger partial charge on any atom is 0.224 e. The third-order valence-corrected chi connectivity index (χ3v) is 4.18. The van der Waals surface area contributed by atoms with Crippen LogP contribution in [0.25, 0.3) is 10.9 Å². The molecule has 0 unspecified atom stereocenters. The molecule has 0 bridgehead atoms. The fraction of sp³-hybridized carbons (Fsp3) is 0.200. The lowest BCUT2D eigenvalue weighted by molar-refractivity contribution is -0.116. The zero-order valence-corrected chi connectivity index (χ0v) is 13.8. The lowest BCUT2D eigenvalue weighted by atomic mass is 10.1. The van der Waals surface area contributed by atoms with Gasteiger partial charge in [0.2, 0.25) is 5.91 Å². The number of hydrogen-bond donors (Lipinski definition) is 2. The number of H-pyrrole nitrogens is 1. The number of ketones is 1. The molecule has 4 heteroatoms. The fourth-order valence-corrected chi connectivity index (χ4v) is 2.93. The van der Waals surface area contributed by atoms with E-state index < -0.39 is 0 Å². The summed E-state index contributed by atoms with van der Waals surface area (Å²) < 4.78 is 0. The summed E-state index contributed by atoms with van der Waals surface area (Å²) in [4.78, 5) is 27.0. The second-order valence-electron chi connectivity index (χ2n) is 5.96. The number of benzene rings is 2. The van der Waals surface area contributed by atoms with Crippen LogP contribution < -0.4 is 5.32 Å². The van der Waals surface area contributed by atoms with Crippen molar-refractivity contribution in [3.63, 3.8) is 0 Å². The summed E-state index contributed by atoms with van der Waals surface area (Å²) in [6.45, 7) is 3.55. The van der Waals surface area contributed by atoms with E-state index in [0.29, 0.717) is 24.1 Å². The zero-order valence-electron chi connectivity index (χ0n) is 13.8. The normalized spacial score (nSPS) is 10.8. The van der Waals surface area contributed by atoms with Crippen molar-refractivity contribution in [3.8, 4) is 0 Å². The molecule has 0 aliphatic rings. The van der Waals surface area contributed by atoms with Crippen LogP contribution in [-0.2, 0) is 11.2 Å². The summed E-state index contributed by atoms with van der Waals surface area (Å²) in [6, 6.07) is 15.1. The first-order valence-electron chi connectivity index (χ1n) is 8.01. The van der Waals surface area contributed by atoms with E-state index in [1.807, 2.05) is 25.1 Å². The quantitative estimate of drug-likeness (QED) is 0.690. The molecule has 0 radical (unpaired) electrons. The number of hydrogen-bond acceptors (Lipinski definition) is 2. The Bertz CT molecular complexity index is 909. The summed E-state index contributed by atoms with van der Waals surface area (Å²) in [7, 11) is 0. The van der Waals surface area contributed by atoms with Crippen LogP contribution in [0.5, 0.6) is 0 Å². The lowest BCUT2D eigenvalue weighted by Gasteiger charge is -2.07. The molecule has 24 heavy (non-hydrogen) atoms. The van der Waals surface area contributed by atoms with E-state index in [-0.39, 0.29) is 11.7 Å². The predicted octanol–water partition coefficient (Wildman–Crippen LogP) is 4.25. The van der Waals surface area contributed by atoms with Crippen LogP contribution in [0.4, 0.5) is 5.69 Å². The van der Waals surface area contributed by atoms with Gasteiger partial charge in [-0.15, -0.1) is 0 Å². The third-order valence-electron chi connectivity index (χ3n) is 4.18. The predicted molar refractivity (Wildman–Crippen MR) is 96.4 cm³/mol. The minimum absolute atomic E-state index is 0.0134. The van der Waals surface area contributed by atoms with E-state index >= 15 is 0 Å². The van der Waals surface area contributed by atoms with Gasteiger partial charge >= 0.3 is 0 Å². The lowest BCUT2D eigenvalue weighted by Crippen LogP contribution is -2.12. The number of aromatic amines is 1. The van der Waals surface area contributed by atoms with E-state index in [0.717, 1.165) is 11.2 Å². The minimum atomic E-state index is -0.0552. The van der Waals surface area contributed by atoms with Gasteiger partial charge in [0.15, 0.2) is 5.78 Å². The molecule has 2 N–H and O–H groups in total. The Labute approximate surface area is 140 Å². The number of aromatic nitrogens is 1. The van der Waals surface area contributed by atoms with Crippen molar-refractivity contribution in [1.82, 2.24) is 4.98 Å². The highest BCUT2D eigenvalue weighted by Gasteiger charge is 2.11. The monoisotopic (exact) mass is 320 g/mol. The first-order valence-corrected chi connectivity index (χ1v) is 8.01. The summed E-state index contributed by atoms with van der Waals surface area (Å²) in [5.41, 5.74) is 4.63. The van der Waals surface area contributed by atoms with Crippen molar-refractivity contribution >= 4 is 28.3 Å². The number of carbonyl (C=O) groups is 2. The number of nitrogens with one attached hydrogen (secondary N) is 2. The van der Waals surface area contributed by atoms with Crippen LogP contribution in [0.15, 0.2) is 48.5 Å². The van der Waals surface area contributed by atoms with Crippen molar-refractivity contribution in [2.24, 2.45) is 0 Å².